The van der Waals surface area contributed by atoms with E-state index in [9.17, 15) is 0 Å². The summed E-state index contributed by atoms with van der Waals surface area (Å²) in [6.45, 7) is 2.22. The van der Waals surface area contributed by atoms with Crippen LogP contribution in [0.5, 0.6) is 0 Å². The summed E-state index contributed by atoms with van der Waals surface area (Å²) in [4.78, 5) is 10.9. The van der Waals surface area contributed by atoms with E-state index in [2.05, 4.69) is 52.5 Å². The third-order valence-electron chi connectivity index (χ3n) is 3.44. The second-order valence-electron chi connectivity index (χ2n) is 5.71. The van der Waals surface area contributed by atoms with Crippen LogP contribution in [-0.2, 0) is 19.5 Å². The minimum atomic E-state index is 0.473. The highest BCUT2D eigenvalue weighted by atomic mass is 15.1. The van der Waals surface area contributed by atoms with Crippen molar-refractivity contribution in [3.05, 3.63) is 65.5 Å². The summed E-state index contributed by atoms with van der Waals surface area (Å²) in [5, 5.41) is 3.14. The lowest BCUT2D eigenvalue weighted by Crippen LogP contribution is -2.33. The molecular weight excluding hydrogens is 286 g/mol. The predicted molar refractivity (Wildman–Crippen MR) is 95.1 cm³/mol. The number of nitrogens with two attached hydrogens (primary N) is 1. The number of aliphatic imine (C=N–C) groups is 1. The Bertz CT molecular complexity index is 622. The fraction of sp³-hybridized carbons (Fsp3) is 0.333. The molecule has 1 aromatic heterocycles. The van der Waals surface area contributed by atoms with Crippen molar-refractivity contribution < 1.29 is 0 Å². The van der Waals surface area contributed by atoms with Gasteiger partial charge in [0.25, 0.3) is 0 Å². The second kappa shape index (κ2) is 8.90. The van der Waals surface area contributed by atoms with Gasteiger partial charge in [-0.05, 0) is 37.4 Å². The van der Waals surface area contributed by atoms with Gasteiger partial charge in [-0.1, -0.05) is 30.3 Å². The fourth-order valence-electron chi connectivity index (χ4n) is 2.30. The van der Waals surface area contributed by atoms with Crippen LogP contribution in [0, 0.1) is 0 Å². The van der Waals surface area contributed by atoms with E-state index < -0.39 is 0 Å². The first kappa shape index (κ1) is 17.0. The Kier molecular flexibility index (Phi) is 6.56. The molecule has 0 fully saturated rings. The number of benzene rings is 1. The number of hydrogen-bond acceptors (Lipinski definition) is 3. The Morgan fingerprint density at radius 1 is 1.13 bits per heavy atom. The Labute approximate surface area is 138 Å². The van der Waals surface area contributed by atoms with Crippen LogP contribution in [0.15, 0.2) is 53.7 Å². The topological polar surface area (TPSA) is 66.5 Å². The Morgan fingerprint density at radius 2 is 1.87 bits per heavy atom. The average Bonchev–Trinajstić information content (AvgIpc) is 2.54. The van der Waals surface area contributed by atoms with Crippen LogP contribution in [0.25, 0.3) is 0 Å². The molecule has 23 heavy (non-hydrogen) atoms. The zero-order chi connectivity index (χ0) is 16.5. The fourth-order valence-corrected chi connectivity index (χ4v) is 2.30. The van der Waals surface area contributed by atoms with E-state index in [0.29, 0.717) is 12.5 Å². The Morgan fingerprint density at radius 3 is 2.57 bits per heavy atom. The van der Waals surface area contributed by atoms with Crippen molar-refractivity contribution in [2.45, 2.75) is 19.5 Å². The molecule has 5 nitrogen and oxygen atoms in total. The van der Waals surface area contributed by atoms with E-state index in [4.69, 9.17) is 5.73 Å². The van der Waals surface area contributed by atoms with Crippen molar-refractivity contribution in [1.29, 1.82) is 0 Å². The third kappa shape index (κ3) is 6.08. The number of nitrogens with zero attached hydrogens (tertiary/aromatic N) is 3. The molecule has 0 aliphatic carbocycles. The van der Waals surface area contributed by atoms with Crippen LogP contribution in [-0.4, -0.2) is 36.5 Å². The van der Waals surface area contributed by atoms with Crippen molar-refractivity contribution in [3.63, 3.8) is 0 Å². The quantitative estimate of drug-likeness (QED) is 0.604. The van der Waals surface area contributed by atoms with Crippen LogP contribution in [0.4, 0.5) is 0 Å². The smallest absolute Gasteiger partial charge is 0.188 e. The van der Waals surface area contributed by atoms with Gasteiger partial charge in [-0.25, -0.2) is 4.99 Å². The van der Waals surface area contributed by atoms with Crippen molar-refractivity contribution in [2.24, 2.45) is 10.7 Å². The first-order valence-corrected chi connectivity index (χ1v) is 7.80. The number of guanidine groups is 1. The van der Waals surface area contributed by atoms with Gasteiger partial charge in [0.1, 0.15) is 0 Å². The molecule has 0 aliphatic heterocycles. The number of rotatable bonds is 7. The SMILES string of the molecule is CN(C)Cc1ccccc1CN=C(N)NCCc1ccccn1. The first-order valence-electron chi connectivity index (χ1n) is 7.80. The minimum Gasteiger partial charge on any atom is -0.370 e. The van der Waals surface area contributed by atoms with Crippen LogP contribution >= 0.6 is 0 Å². The maximum absolute atomic E-state index is 5.95. The monoisotopic (exact) mass is 311 g/mol. The summed E-state index contributed by atoms with van der Waals surface area (Å²) in [5.41, 5.74) is 9.48. The lowest BCUT2D eigenvalue weighted by molar-refractivity contribution is 0.401. The molecule has 0 unspecified atom stereocenters. The largest absolute Gasteiger partial charge is 0.370 e. The zero-order valence-electron chi connectivity index (χ0n) is 13.9. The van der Waals surface area contributed by atoms with Gasteiger partial charge in [0.2, 0.25) is 0 Å². The van der Waals surface area contributed by atoms with E-state index in [1.54, 1.807) is 6.20 Å². The van der Waals surface area contributed by atoms with Crippen molar-refractivity contribution in [1.82, 2.24) is 15.2 Å². The van der Waals surface area contributed by atoms with Gasteiger partial charge >= 0.3 is 0 Å². The first-order chi connectivity index (χ1) is 11.1. The summed E-state index contributed by atoms with van der Waals surface area (Å²) in [6, 6.07) is 14.2. The molecule has 0 aliphatic rings. The van der Waals surface area contributed by atoms with Gasteiger partial charge in [-0.3, -0.25) is 4.98 Å². The molecule has 0 spiro atoms. The number of hydrogen-bond donors (Lipinski definition) is 2. The normalized spacial score (nSPS) is 11.7. The van der Waals surface area contributed by atoms with Crippen molar-refractivity contribution >= 4 is 5.96 Å². The highest BCUT2D eigenvalue weighted by molar-refractivity contribution is 5.77. The molecule has 0 radical (unpaired) electrons. The minimum absolute atomic E-state index is 0.473. The van der Waals surface area contributed by atoms with Crippen LogP contribution in [0.3, 0.4) is 0 Å². The van der Waals surface area contributed by atoms with Gasteiger partial charge in [0.05, 0.1) is 6.54 Å². The van der Waals surface area contributed by atoms with Gasteiger partial charge in [-0.2, -0.15) is 0 Å². The number of pyridine rings is 1. The molecule has 122 valence electrons. The number of aromatic nitrogens is 1. The van der Waals surface area contributed by atoms with Crippen molar-refractivity contribution in [2.75, 3.05) is 20.6 Å². The number of nitrogens with one attached hydrogen (secondary N) is 1. The molecule has 0 amide bonds. The van der Waals surface area contributed by atoms with Gasteiger partial charge < -0.3 is 16.0 Å². The predicted octanol–water partition coefficient (Wildman–Crippen LogP) is 1.79. The molecule has 2 aromatic rings. The van der Waals surface area contributed by atoms with Crippen LogP contribution in [0.2, 0.25) is 0 Å². The highest BCUT2D eigenvalue weighted by Gasteiger charge is 2.02. The van der Waals surface area contributed by atoms with Crippen molar-refractivity contribution in [3.8, 4) is 0 Å². The molecule has 0 atom stereocenters. The second-order valence-corrected chi connectivity index (χ2v) is 5.71. The average molecular weight is 311 g/mol. The van der Waals surface area contributed by atoms with E-state index in [1.165, 1.54) is 11.1 Å². The maximum atomic E-state index is 5.95. The lowest BCUT2D eigenvalue weighted by atomic mass is 10.1. The molecular formula is C18H25N5. The Hall–Kier alpha value is -2.40. The standard InChI is InChI=1S/C18H25N5/c1-23(2)14-16-8-4-3-7-15(16)13-22-18(19)21-12-10-17-9-5-6-11-20-17/h3-9,11H,10,12-14H2,1-2H3,(H3,19,21,22). The van der Waals surface area contributed by atoms with Gasteiger partial charge in [0, 0.05) is 31.4 Å². The van der Waals surface area contributed by atoms with Gasteiger partial charge in [-0.15, -0.1) is 0 Å². The zero-order valence-corrected chi connectivity index (χ0v) is 13.9. The molecule has 3 N–H and O–H groups in total. The van der Waals surface area contributed by atoms with Crippen LogP contribution < -0.4 is 11.1 Å². The van der Waals surface area contributed by atoms with E-state index in [-0.39, 0.29) is 0 Å². The summed E-state index contributed by atoms with van der Waals surface area (Å²) >= 11 is 0. The summed E-state index contributed by atoms with van der Waals surface area (Å²) in [5.74, 6) is 0.473. The van der Waals surface area contributed by atoms with Crippen LogP contribution in [0.1, 0.15) is 16.8 Å². The third-order valence-corrected chi connectivity index (χ3v) is 3.44. The van der Waals surface area contributed by atoms with E-state index in [0.717, 1.165) is 25.2 Å². The molecule has 2 rings (SSSR count). The maximum Gasteiger partial charge on any atom is 0.188 e. The summed E-state index contributed by atoms with van der Waals surface area (Å²) < 4.78 is 0. The Balaban J connectivity index is 1.85. The summed E-state index contributed by atoms with van der Waals surface area (Å²) in [7, 11) is 4.13. The molecule has 5 heteroatoms. The molecule has 1 heterocycles. The van der Waals surface area contributed by atoms with E-state index >= 15 is 0 Å². The summed E-state index contributed by atoms with van der Waals surface area (Å²) in [6.07, 6.45) is 2.63. The molecule has 1 aromatic carbocycles. The molecule has 0 saturated carbocycles. The molecule has 0 bridgehead atoms. The van der Waals surface area contributed by atoms with Gasteiger partial charge in [0.15, 0.2) is 5.96 Å². The highest BCUT2D eigenvalue weighted by Crippen LogP contribution is 2.11. The molecule has 0 saturated heterocycles. The lowest BCUT2D eigenvalue weighted by Gasteiger charge is -2.13. The van der Waals surface area contributed by atoms with E-state index in [1.807, 2.05) is 24.3 Å².